The average molecular weight is 549 g/mol. The Morgan fingerprint density at radius 3 is 0.375 bits per heavy atom. The summed E-state index contributed by atoms with van der Waals surface area (Å²) in [4.78, 5) is 0. The van der Waals surface area contributed by atoms with Crippen LogP contribution in [0.4, 0.5) is 0 Å². The number of hydrogen-bond donors (Lipinski definition) is 0. The van der Waals surface area contributed by atoms with Crippen LogP contribution in [-0.2, 0) is 0 Å². The van der Waals surface area contributed by atoms with E-state index < -0.39 is 0 Å². The fraction of sp³-hybridized carbons (Fsp3) is 0. The molecule has 8 heteroatoms. The summed E-state index contributed by atoms with van der Waals surface area (Å²) in [5.74, 6) is 0. The van der Waals surface area contributed by atoms with Gasteiger partial charge in [-0.2, -0.15) is 0 Å². The van der Waals surface area contributed by atoms with Crippen LogP contribution in [0.2, 0.25) is 0 Å². The molecule has 8 heavy (non-hydrogen) atoms. The molecule has 0 saturated carbocycles. The Morgan fingerprint density at radius 1 is 0.375 bits per heavy atom. The zero-order valence-corrected chi connectivity index (χ0v) is 11.0. The van der Waals surface area contributed by atoms with Crippen molar-refractivity contribution >= 4 is 0 Å². The number of halogens is 6. The van der Waals surface area contributed by atoms with Gasteiger partial charge in [0.05, 0.1) is 0 Å². The molecule has 67 valence electrons. The minimum absolute atomic E-state index is 0. The van der Waals surface area contributed by atoms with Crippen LogP contribution in [0.25, 0.3) is 0 Å². The van der Waals surface area contributed by atoms with Gasteiger partial charge in [-0.3, -0.25) is 0 Å². The molecule has 0 atom stereocenters. The van der Waals surface area contributed by atoms with Gasteiger partial charge in [0.2, 0.25) is 0 Å². The second-order valence-electron chi connectivity index (χ2n) is 0. The van der Waals surface area contributed by atoms with E-state index in [4.69, 9.17) is 0 Å². The average Bonchev–Trinajstić information content (AvgIpc) is 0. The van der Waals surface area contributed by atoms with E-state index in [2.05, 4.69) is 0 Å². The van der Waals surface area contributed by atoms with Crippen molar-refractivity contribution in [2.24, 2.45) is 0 Å². The topological polar surface area (TPSA) is 0 Å². The van der Waals surface area contributed by atoms with E-state index in [1.54, 1.807) is 0 Å². The van der Waals surface area contributed by atoms with Gasteiger partial charge < -0.3 is 74.4 Å². The Balaban J connectivity index is 0. The second-order valence-corrected chi connectivity index (χ2v) is 0. The SMILES string of the molecule is [Cl-].[Cl-].[Cl-].[Cl-].[Cl-].[Cl-].[Er+3].[Tm+3]. The first-order valence-corrected chi connectivity index (χ1v) is 0. The molecule has 0 nitrogen and oxygen atoms in total. The maximum Gasteiger partial charge on any atom is 3.00 e. The van der Waals surface area contributed by atoms with Crippen molar-refractivity contribution in [2.45, 2.75) is 0 Å². The second kappa shape index (κ2) is 65.8. The largest absolute Gasteiger partial charge is 3.00 e. The van der Waals surface area contributed by atoms with E-state index >= 15 is 0 Å². The van der Waals surface area contributed by atoms with Crippen molar-refractivity contribution < 1.29 is 149 Å². The van der Waals surface area contributed by atoms with Crippen molar-refractivity contribution in [3.05, 3.63) is 0 Å². The molecule has 0 rings (SSSR count). The monoisotopic (exact) mass is 545 g/mol. The van der Waals surface area contributed by atoms with E-state index in [9.17, 15) is 0 Å². The first kappa shape index (κ1) is 86.4. The van der Waals surface area contributed by atoms with Crippen molar-refractivity contribution in [2.75, 3.05) is 0 Å². The molecule has 1 radical (unpaired) electrons. The molecule has 0 aromatic carbocycles. The zero-order chi connectivity index (χ0) is 0. The molecular weight excluding hydrogens is 549 g/mol. The predicted molar refractivity (Wildman–Crippen MR) is 0 cm³/mol. The fourth-order valence-electron chi connectivity index (χ4n) is 0. The standard InChI is InChI=1S/6ClH.Er.Tm/h6*1H;;/q;;;;;;2*+3/p-6. The molecule has 0 aliphatic carbocycles. The molecular formula is Cl6ErTm. The maximum absolute atomic E-state index is 0. The summed E-state index contributed by atoms with van der Waals surface area (Å²) >= 11 is 0. The van der Waals surface area contributed by atoms with Gasteiger partial charge in [0.15, 0.2) is 0 Å². The summed E-state index contributed by atoms with van der Waals surface area (Å²) in [7, 11) is 0. The summed E-state index contributed by atoms with van der Waals surface area (Å²) in [6, 6.07) is 0. The van der Waals surface area contributed by atoms with Crippen LogP contribution in [0.3, 0.4) is 0 Å². The van der Waals surface area contributed by atoms with Gasteiger partial charge >= 0.3 is 74.2 Å². The van der Waals surface area contributed by atoms with Crippen LogP contribution < -0.4 is 74.4 Å². The van der Waals surface area contributed by atoms with E-state index in [0.29, 0.717) is 0 Å². The van der Waals surface area contributed by atoms with Crippen molar-refractivity contribution in [1.82, 2.24) is 0 Å². The van der Waals surface area contributed by atoms with Crippen LogP contribution in [-0.4, -0.2) is 0 Å². The van der Waals surface area contributed by atoms with Gasteiger partial charge in [-0.25, -0.2) is 0 Å². The summed E-state index contributed by atoms with van der Waals surface area (Å²) in [6.45, 7) is 0. The molecule has 0 aromatic heterocycles. The zero-order valence-electron chi connectivity index (χ0n) is 2.83. The third kappa shape index (κ3) is 48.8. The first-order valence-electron chi connectivity index (χ1n) is 0. The molecule has 0 aliphatic rings. The first-order chi connectivity index (χ1) is 0. The number of hydrogen-bond acceptors (Lipinski definition) is 0. The molecule has 0 fully saturated rings. The Morgan fingerprint density at radius 2 is 0.375 bits per heavy atom. The van der Waals surface area contributed by atoms with Gasteiger partial charge in [-0.15, -0.1) is 0 Å². The predicted octanol–water partition coefficient (Wildman–Crippen LogP) is -18.0. The molecule has 0 amide bonds. The van der Waals surface area contributed by atoms with Crippen molar-refractivity contribution in [3.63, 3.8) is 0 Å². The van der Waals surface area contributed by atoms with E-state index in [1.807, 2.05) is 0 Å². The normalized spacial score (nSPS) is 0. The fourth-order valence-corrected chi connectivity index (χ4v) is 0. The van der Waals surface area contributed by atoms with Gasteiger partial charge in [0, 0.05) is 0 Å². The van der Waals surface area contributed by atoms with Crippen LogP contribution in [0.15, 0.2) is 0 Å². The molecule has 0 unspecified atom stereocenters. The van der Waals surface area contributed by atoms with Crippen LogP contribution in [0.5, 0.6) is 0 Å². The molecule has 0 saturated heterocycles. The van der Waals surface area contributed by atoms with Crippen molar-refractivity contribution in [1.29, 1.82) is 0 Å². The smallest absolute Gasteiger partial charge is 1.00 e. The third-order valence-corrected chi connectivity index (χ3v) is 0. The summed E-state index contributed by atoms with van der Waals surface area (Å²) < 4.78 is 0. The molecule has 0 aromatic rings. The Labute approximate surface area is 145 Å². The van der Waals surface area contributed by atoms with E-state index in [1.165, 1.54) is 0 Å². The molecule has 0 spiro atoms. The van der Waals surface area contributed by atoms with Gasteiger partial charge in [0.25, 0.3) is 0 Å². The number of rotatable bonds is 0. The third-order valence-electron chi connectivity index (χ3n) is 0. The summed E-state index contributed by atoms with van der Waals surface area (Å²) in [5.41, 5.74) is 0. The Hall–Kier alpha value is 4.22. The van der Waals surface area contributed by atoms with Crippen LogP contribution in [0.1, 0.15) is 0 Å². The summed E-state index contributed by atoms with van der Waals surface area (Å²) in [6.07, 6.45) is 0. The van der Waals surface area contributed by atoms with E-state index in [0.717, 1.165) is 0 Å². The quantitative estimate of drug-likeness (QED) is 0.282. The summed E-state index contributed by atoms with van der Waals surface area (Å²) in [5, 5.41) is 0. The maximum atomic E-state index is 0. The molecule has 0 aliphatic heterocycles. The van der Waals surface area contributed by atoms with Gasteiger partial charge in [-0.05, 0) is 0 Å². The minimum atomic E-state index is 0. The van der Waals surface area contributed by atoms with Crippen LogP contribution >= 0.6 is 0 Å². The Bertz CT molecular complexity index is 8.49. The molecule has 0 heterocycles. The van der Waals surface area contributed by atoms with Gasteiger partial charge in [0.1, 0.15) is 0 Å². The molecule has 0 N–H and O–H groups in total. The molecule has 0 bridgehead atoms. The van der Waals surface area contributed by atoms with E-state index in [-0.39, 0.29) is 149 Å². The Kier molecular flexibility index (Phi) is 710. The van der Waals surface area contributed by atoms with Crippen LogP contribution in [0, 0.1) is 74.2 Å². The minimum Gasteiger partial charge on any atom is -1.00 e. The van der Waals surface area contributed by atoms with Crippen molar-refractivity contribution in [3.8, 4) is 0 Å². The van der Waals surface area contributed by atoms with Gasteiger partial charge in [-0.1, -0.05) is 0 Å².